The molecule has 1 unspecified atom stereocenters. The highest BCUT2D eigenvalue weighted by Crippen LogP contribution is 2.47. The first-order valence-corrected chi connectivity index (χ1v) is 9.15. The number of carbonyl (C=O) groups is 2. The van der Waals surface area contributed by atoms with Crippen LogP contribution in [-0.4, -0.2) is 47.9 Å². The lowest BCUT2D eigenvalue weighted by Gasteiger charge is -2.27. The van der Waals surface area contributed by atoms with Gasteiger partial charge in [-0.25, -0.2) is 4.79 Å². The first-order chi connectivity index (χ1) is 13.7. The lowest BCUT2D eigenvalue weighted by atomic mass is 9.86. The van der Waals surface area contributed by atoms with Crippen LogP contribution in [0.4, 0.5) is 18.0 Å². The van der Waals surface area contributed by atoms with Crippen LogP contribution in [0, 0.1) is 5.41 Å². The second kappa shape index (κ2) is 6.79. The minimum atomic E-state index is -4.95. The van der Waals surface area contributed by atoms with E-state index in [1.165, 1.54) is 0 Å². The zero-order valence-corrected chi connectivity index (χ0v) is 15.3. The summed E-state index contributed by atoms with van der Waals surface area (Å²) in [4.78, 5) is 24.5. The van der Waals surface area contributed by atoms with Crippen molar-refractivity contribution >= 4 is 12.1 Å². The van der Waals surface area contributed by atoms with Gasteiger partial charge in [0.15, 0.2) is 5.41 Å². The Morgan fingerprint density at radius 2 is 1.62 bits per heavy atom. The Bertz CT molecular complexity index is 929. The van der Waals surface area contributed by atoms with Gasteiger partial charge in [-0.15, -0.1) is 0 Å². The van der Waals surface area contributed by atoms with Gasteiger partial charge >= 0.3 is 18.2 Å². The van der Waals surface area contributed by atoms with Crippen molar-refractivity contribution in [3.05, 3.63) is 59.7 Å². The number of fused-ring (bicyclic) bond motifs is 3. The van der Waals surface area contributed by atoms with Crippen LogP contribution in [0.5, 0.6) is 0 Å². The summed E-state index contributed by atoms with van der Waals surface area (Å²) >= 11 is 0. The summed E-state index contributed by atoms with van der Waals surface area (Å²) in [7, 11) is 0. The number of nitrogens with zero attached hydrogens (tertiary/aromatic N) is 1. The molecule has 152 valence electrons. The number of rotatable bonds is 3. The predicted molar refractivity (Wildman–Crippen MR) is 97.4 cm³/mol. The van der Waals surface area contributed by atoms with Crippen molar-refractivity contribution in [3.63, 3.8) is 0 Å². The summed E-state index contributed by atoms with van der Waals surface area (Å²) in [5, 5.41) is 9.12. The Balaban J connectivity index is 1.49. The summed E-state index contributed by atoms with van der Waals surface area (Å²) in [6, 6.07) is 15.4. The van der Waals surface area contributed by atoms with E-state index in [9.17, 15) is 22.8 Å². The van der Waals surface area contributed by atoms with E-state index >= 15 is 0 Å². The van der Waals surface area contributed by atoms with E-state index in [1.54, 1.807) is 0 Å². The molecule has 2 aromatic rings. The van der Waals surface area contributed by atoms with E-state index in [2.05, 4.69) is 0 Å². The Hall–Kier alpha value is -3.03. The number of amides is 1. The maximum absolute atomic E-state index is 13.3. The molecule has 0 spiro atoms. The normalized spacial score (nSPS) is 21.0. The van der Waals surface area contributed by atoms with Gasteiger partial charge in [0.05, 0.1) is 0 Å². The van der Waals surface area contributed by atoms with Crippen molar-refractivity contribution < 1.29 is 32.6 Å². The molecule has 1 amide bonds. The quantitative estimate of drug-likeness (QED) is 0.828. The number of carbonyl (C=O) groups excluding carboxylic acids is 1. The van der Waals surface area contributed by atoms with Gasteiger partial charge < -0.3 is 14.7 Å². The van der Waals surface area contributed by atoms with Crippen molar-refractivity contribution in [3.8, 4) is 11.1 Å². The van der Waals surface area contributed by atoms with Crippen molar-refractivity contribution in [2.24, 2.45) is 5.41 Å². The van der Waals surface area contributed by atoms with E-state index in [4.69, 9.17) is 9.84 Å². The van der Waals surface area contributed by atoms with Crippen LogP contribution in [0.1, 0.15) is 23.5 Å². The van der Waals surface area contributed by atoms with Gasteiger partial charge in [-0.05, 0) is 28.7 Å². The van der Waals surface area contributed by atoms with Gasteiger partial charge in [-0.1, -0.05) is 48.5 Å². The lowest BCUT2D eigenvalue weighted by molar-refractivity contribution is -0.227. The average molecular weight is 405 g/mol. The minimum Gasteiger partial charge on any atom is -0.481 e. The Morgan fingerprint density at radius 3 is 2.10 bits per heavy atom. The molecule has 1 fully saturated rings. The number of alkyl halides is 3. The zero-order valence-electron chi connectivity index (χ0n) is 15.3. The molecule has 0 bridgehead atoms. The molecule has 0 aromatic heterocycles. The number of benzene rings is 2. The molecule has 1 atom stereocenters. The van der Waals surface area contributed by atoms with Crippen molar-refractivity contribution in [2.75, 3.05) is 19.7 Å². The van der Waals surface area contributed by atoms with Gasteiger partial charge in [0.2, 0.25) is 0 Å². The largest absolute Gasteiger partial charge is 0.481 e. The molecular formula is C21H18F3NO4. The molecule has 1 aliphatic heterocycles. The number of hydrogen-bond donors (Lipinski definition) is 1. The fraction of sp³-hybridized carbons (Fsp3) is 0.333. The van der Waals surface area contributed by atoms with Gasteiger partial charge in [-0.3, -0.25) is 4.79 Å². The number of halogens is 3. The standard InChI is InChI=1S/C21H18F3NO4/c22-21(23,24)20(18(26)27)9-10-25(12-20)19(28)29-11-17-15-7-3-1-5-13(15)14-6-2-4-8-16(14)17/h1-8,17H,9-12H2,(H,26,27). The molecule has 1 aliphatic carbocycles. The fourth-order valence-corrected chi connectivity index (χ4v) is 4.18. The first kappa shape index (κ1) is 19.3. The number of likely N-dealkylation sites (tertiary alicyclic amines) is 1. The van der Waals surface area contributed by atoms with Gasteiger partial charge in [0.25, 0.3) is 0 Å². The van der Waals surface area contributed by atoms with Crippen molar-refractivity contribution in [1.29, 1.82) is 0 Å². The van der Waals surface area contributed by atoms with E-state index in [0.29, 0.717) is 0 Å². The van der Waals surface area contributed by atoms with Crippen LogP contribution in [0.15, 0.2) is 48.5 Å². The summed E-state index contributed by atoms with van der Waals surface area (Å²) in [6.07, 6.45) is -6.56. The highest BCUT2D eigenvalue weighted by atomic mass is 19.4. The Labute approximate surface area is 164 Å². The Kier molecular flexibility index (Phi) is 4.52. The van der Waals surface area contributed by atoms with Crippen LogP contribution in [0.2, 0.25) is 0 Å². The molecule has 0 radical (unpaired) electrons. The molecule has 1 heterocycles. The van der Waals surface area contributed by atoms with Crippen LogP contribution in [0.25, 0.3) is 11.1 Å². The van der Waals surface area contributed by atoms with Crippen LogP contribution in [0.3, 0.4) is 0 Å². The molecule has 1 N–H and O–H groups in total. The van der Waals surface area contributed by atoms with E-state index in [0.717, 1.165) is 27.2 Å². The molecule has 0 saturated carbocycles. The number of aliphatic carboxylic acids is 1. The molecule has 8 heteroatoms. The van der Waals surface area contributed by atoms with E-state index in [1.807, 2.05) is 48.5 Å². The van der Waals surface area contributed by atoms with E-state index in [-0.39, 0.29) is 19.1 Å². The molecule has 5 nitrogen and oxygen atoms in total. The fourth-order valence-electron chi connectivity index (χ4n) is 4.18. The highest BCUT2D eigenvalue weighted by Gasteiger charge is 2.64. The lowest BCUT2D eigenvalue weighted by Crippen LogP contribution is -2.47. The number of carboxylic acids is 1. The summed E-state index contributed by atoms with van der Waals surface area (Å²) < 4.78 is 45.3. The number of ether oxygens (including phenoxy) is 1. The number of hydrogen-bond acceptors (Lipinski definition) is 3. The second-order valence-electron chi connectivity index (χ2n) is 7.36. The summed E-state index contributed by atoms with van der Waals surface area (Å²) in [5.41, 5.74) is 1.09. The van der Waals surface area contributed by atoms with Crippen molar-refractivity contribution in [1.82, 2.24) is 4.90 Å². The molecule has 2 aliphatic rings. The molecule has 4 rings (SSSR count). The van der Waals surface area contributed by atoms with Gasteiger partial charge in [0, 0.05) is 19.0 Å². The SMILES string of the molecule is O=C(OCC1c2ccccc2-c2ccccc21)N1CCC(C(=O)O)(C(F)(F)F)C1. The van der Waals surface area contributed by atoms with E-state index < -0.39 is 36.6 Å². The minimum absolute atomic E-state index is 0.0323. The van der Waals surface area contributed by atoms with Crippen LogP contribution in [-0.2, 0) is 9.53 Å². The first-order valence-electron chi connectivity index (χ1n) is 9.15. The Morgan fingerprint density at radius 1 is 1.07 bits per heavy atom. The second-order valence-corrected chi connectivity index (χ2v) is 7.36. The smallest absolute Gasteiger partial charge is 0.409 e. The van der Waals surface area contributed by atoms with Gasteiger partial charge in [-0.2, -0.15) is 13.2 Å². The summed E-state index contributed by atoms with van der Waals surface area (Å²) in [6.45, 7) is -1.29. The van der Waals surface area contributed by atoms with Crippen LogP contribution < -0.4 is 0 Å². The third-order valence-corrected chi connectivity index (χ3v) is 5.82. The third-order valence-electron chi connectivity index (χ3n) is 5.82. The third kappa shape index (κ3) is 3.03. The van der Waals surface area contributed by atoms with Crippen molar-refractivity contribution in [2.45, 2.75) is 18.5 Å². The monoisotopic (exact) mass is 405 g/mol. The maximum Gasteiger partial charge on any atom is 0.409 e. The summed E-state index contributed by atoms with van der Waals surface area (Å²) in [5.74, 6) is -2.19. The molecule has 29 heavy (non-hydrogen) atoms. The molecule has 2 aromatic carbocycles. The van der Waals surface area contributed by atoms with Gasteiger partial charge in [0.1, 0.15) is 6.61 Å². The topological polar surface area (TPSA) is 66.8 Å². The molecule has 1 saturated heterocycles. The van der Waals surface area contributed by atoms with Crippen LogP contribution >= 0.6 is 0 Å². The average Bonchev–Trinajstić information content (AvgIpc) is 3.27. The maximum atomic E-state index is 13.3. The number of carboxylic acid groups (broad SMARTS) is 1. The molecular weight excluding hydrogens is 387 g/mol. The zero-order chi connectivity index (χ0) is 20.8. The highest BCUT2D eigenvalue weighted by molar-refractivity contribution is 5.80. The predicted octanol–water partition coefficient (Wildman–Crippen LogP) is 4.27.